The summed E-state index contributed by atoms with van der Waals surface area (Å²) < 4.78 is 4.84. The summed E-state index contributed by atoms with van der Waals surface area (Å²) in [5.41, 5.74) is 1.77. The van der Waals surface area contributed by atoms with E-state index >= 15 is 0 Å². The minimum Gasteiger partial charge on any atom is -0.460 e. The minimum absolute atomic E-state index is 0.192. The van der Waals surface area contributed by atoms with Crippen molar-refractivity contribution in [1.82, 2.24) is 4.98 Å². The zero-order valence-electron chi connectivity index (χ0n) is 12.2. The maximum atomic E-state index is 12.4. The van der Waals surface area contributed by atoms with Gasteiger partial charge in [-0.25, -0.2) is 4.79 Å². The summed E-state index contributed by atoms with van der Waals surface area (Å²) in [5, 5.41) is 0.760. The van der Waals surface area contributed by atoms with Gasteiger partial charge in [0, 0.05) is 22.0 Å². The Hall–Kier alpha value is -2.10. The van der Waals surface area contributed by atoms with Crippen LogP contribution < -0.4 is 0 Å². The van der Waals surface area contributed by atoms with Gasteiger partial charge in [-0.15, -0.1) is 0 Å². The van der Waals surface area contributed by atoms with E-state index in [1.807, 2.05) is 45.0 Å². The van der Waals surface area contributed by atoms with Crippen LogP contribution in [-0.2, 0) is 14.9 Å². The van der Waals surface area contributed by atoms with Gasteiger partial charge in [-0.3, -0.25) is 4.79 Å². The number of H-pyrrole nitrogens is 1. The first-order valence-electron chi connectivity index (χ1n) is 6.69. The van der Waals surface area contributed by atoms with Crippen molar-refractivity contribution in [2.45, 2.75) is 33.1 Å². The second-order valence-corrected chi connectivity index (χ2v) is 5.72. The lowest BCUT2D eigenvalue weighted by atomic mass is 9.87. The monoisotopic (exact) mass is 273 g/mol. The normalized spacial score (nSPS) is 11.6. The number of esters is 1. The van der Waals surface area contributed by atoms with Crippen molar-refractivity contribution in [1.29, 1.82) is 0 Å². The molecule has 2 rings (SSSR count). The first-order valence-corrected chi connectivity index (χ1v) is 6.69. The zero-order chi connectivity index (χ0) is 14.9. The molecule has 106 valence electrons. The Balaban J connectivity index is 2.66. The van der Waals surface area contributed by atoms with Crippen molar-refractivity contribution in [3.05, 3.63) is 35.5 Å². The van der Waals surface area contributed by atoms with E-state index in [0.717, 1.165) is 16.6 Å². The highest BCUT2D eigenvalue weighted by Crippen LogP contribution is 2.31. The van der Waals surface area contributed by atoms with Crippen LogP contribution in [0.2, 0.25) is 0 Å². The molecule has 0 fully saturated rings. The van der Waals surface area contributed by atoms with Crippen molar-refractivity contribution in [2.75, 3.05) is 6.61 Å². The van der Waals surface area contributed by atoms with Crippen molar-refractivity contribution in [2.24, 2.45) is 0 Å². The fourth-order valence-electron chi connectivity index (χ4n) is 2.24. The number of carbonyl (C=O) groups is 2. The van der Waals surface area contributed by atoms with Gasteiger partial charge in [0.25, 0.3) is 5.78 Å². The molecule has 0 spiro atoms. The van der Waals surface area contributed by atoms with Gasteiger partial charge >= 0.3 is 5.97 Å². The number of aromatic amines is 1. The van der Waals surface area contributed by atoms with E-state index in [1.54, 1.807) is 6.92 Å². The van der Waals surface area contributed by atoms with Crippen LogP contribution in [0.5, 0.6) is 0 Å². The molecule has 4 nitrogen and oxygen atoms in total. The highest BCUT2D eigenvalue weighted by Gasteiger charge is 2.30. The van der Waals surface area contributed by atoms with Gasteiger partial charge < -0.3 is 9.72 Å². The number of ether oxygens (including phenoxy) is 1. The summed E-state index contributed by atoms with van der Waals surface area (Å²) in [6, 6.07) is 7.48. The van der Waals surface area contributed by atoms with Gasteiger partial charge in [0.2, 0.25) is 0 Å². The fraction of sp³-hybridized carbons (Fsp3) is 0.375. The van der Waals surface area contributed by atoms with Crippen LogP contribution in [0.3, 0.4) is 0 Å². The Morgan fingerprint density at radius 3 is 2.45 bits per heavy atom. The van der Waals surface area contributed by atoms with Crippen LogP contribution in [0, 0.1) is 0 Å². The largest absolute Gasteiger partial charge is 0.460 e. The first-order chi connectivity index (χ1) is 9.36. The Kier molecular flexibility index (Phi) is 3.66. The van der Waals surface area contributed by atoms with Crippen LogP contribution in [0.1, 0.15) is 43.7 Å². The average molecular weight is 273 g/mol. The van der Waals surface area contributed by atoms with Crippen LogP contribution in [0.15, 0.2) is 24.3 Å². The Bertz CT molecular complexity index is 662. The summed E-state index contributed by atoms with van der Waals surface area (Å²) in [5.74, 6) is -1.39. The molecule has 1 aromatic carbocycles. The molecule has 20 heavy (non-hydrogen) atoms. The number of fused-ring (bicyclic) bond motifs is 1. The quantitative estimate of drug-likeness (QED) is 0.530. The highest BCUT2D eigenvalue weighted by atomic mass is 16.5. The zero-order valence-corrected chi connectivity index (χ0v) is 12.2. The molecule has 0 bridgehead atoms. The summed E-state index contributed by atoms with van der Waals surface area (Å²) >= 11 is 0. The third kappa shape index (κ3) is 2.46. The van der Waals surface area contributed by atoms with E-state index in [4.69, 9.17) is 4.74 Å². The number of hydrogen-bond donors (Lipinski definition) is 1. The van der Waals surface area contributed by atoms with Crippen LogP contribution in [0.25, 0.3) is 10.9 Å². The van der Waals surface area contributed by atoms with Crippen molar-refractivity contribution < 1.29 is 14.3 Å². The summed E-state index contributed by atoms with van der Waals surface area (Å²) in [6.07, 6.45) is 0. The number of aromatic nitrogens is 1. The van der Waals surface area contributed by atoms with Crippen LogP contribution in [0.4, 0.5) is 0 Å². The fourth-order valence-corrected chi connectivity index (χ4v) is 2.24. The molecule has 0 saturated carbocycles. The van der Waals surface area contributed by atoms with E-state index < -0.39 is 11.8 Å². The van der Waals surface area contributed by atoms with Crippen molar-refractivity contribution in [3.63, 3.8) is 0 Å². The molecular weight excluding hydrogens is 254 g/mol. The van der Waals surface area contributed by atoms with E-state index in [-0.39, 0.29) is 12.0 Å². The lowest BCUT2D eigenvalue weighted by Gasteiger charge is -2.18. The number of ketones is 1. The molecule has 0 atom stereocenters. The number of Topliss-reactive ketones (excluding diaryl/α,β-unsaturated/α-hetero) is 1. The SMILES string of the molecule is CCOC(=O)C(=O)c1c(C(C)(C)C)[nH]c2ccccc12. The predicted molar refractivity (Wildman–Crippen MR) is 78.0 cm³/mol. The van der Waals surface area contributed by atoms with Gasteiger partial charge in [0.1, 0.15) is 0 Å². The van der Waals surface area contributed by atoms with Gasteiger partial charge in [-0.1, -0.05) is 39.0 Å². The third-order valence-electron chi connectivity index (χ3n) is 3.14. The van der Waals surface area contributed by atoms with Gasteiger partial charge in [-0.2, -0.15) is 0 Å². The van der Waals surface area contributed by atoms with E-state index in [1.165, 1.54) is 0 Å². The second-order valence-electron chi connectivity index (χ2n) is 5.72. The standard InChI is InChI=1S/C16H19NO3/c1-5-20-15(19)13(18)12-10-8-6-7-9-11(10)17-14(12)16(2,3)4/h6-9,17H,5H2,1-4H3. The molecule has 4 heteroatoms. The number of hydrogen-bond acceptors (Lipinski definition) is 3. The molecule has 1 heterocycles. The van der Waals surface area contributed by atoms with Gasteiger partial charge in [0.05, 0.1) is 12.2 Å². The summed E-state index contributed by atoms with van der Waals surface area (Å²) in [7, 11) is 0. The third-order valence-corrected chi connectivity index (χ3v) is 3.14. The van der Waals surface area contributed by atoms with E-state index in [2.05, 4.69) is 4.98 Å². The second kappa shape index (κ2) is 5.12. The minimum atomic E-state index is -0.803. The van der Waals surface area contributed by atoms with Gasteiger partial charge in [0.15, 0.2) is 0 Å². The van der Waals surface area contributed by atoms with Gasteiger partial charge in [-0.05, 0) is 13.0 Å². The number of rotatable bonds is 3. The Labute approximate surface area is 118 Å². The Morgan fingerprint density at radius 2 is 1.85 bits per heavy atom. The highest BCUT2D eigenvalue weighted by molar-refractivity contribution is 6.43. The molecule has 0 aliphatic carbocycles. The molecular formula is C16H19NO3. The lowest BCUT2D eigenvalue weighted by Crippen LogP contribution is -2.22. The maximum Gasteiger partial charge on any atom is 0.379 e. The predicted octanol–water partition coefficient (Wildman–Crippen LogP) is 3.21. The van der Waals surface area contributed by atoms with Crippen molar-refractivity contribution >= 4 is 22.7 Å². The number of nitrogens with one attached hydrogen (secondary N) is 1. The van der Waals surface area contributed by atoms with E-state index in [0.29, 0.717) is 5.56 Å². The molecule has 2 aromatic rings. The molecule has 0 aliphatic rings. The molecule has 0 unspecified atom stereocenters. The van der Waals surface area contributed by atoms with E-state index in [9.17, 15) is 9.59 Å². The molecule has 0 radical (unpaired) electrons. The van der Waals surface area contributed by atoms with Crippen molar-refractivity contribution in [3.8, 4) is 0 Å². The molecule has 0 amide bonds. The smallest absolute Gasteiger partial charge is 0.379 e. The van der Waals surface area contributed by atoms with Crippen LogP contribution in [-0.4, -0.2) is 23.3 Å². The number of para-hydroxylation sites is 1. The summed E-state index contributed by atoms with van der Waals surface area (Å²) in [6.45, 7) is 7.88. The van der Waals surface area contributed by atoms with Crippen LogP contribution >= 0.6 is 0 Å². The lowest BCUT2D eigenvalue weighted by molar-refractivity contribution is -0.137. The average Bonchev–Trinajstić information content (AvgIpc) is 2.77. The molecule has 0 saturated heterocycles. The summed E-state index contributed by atoms with van der Waals surface area (Å²) in [4.78, 5) is 27.4. The topological polar surface area (TPSA) is 59.2 Å². The number of carbonyl (C=O) groups excluding carboxylic acids is 2. The molecule has 1 aromatic heterocycles. The first kappa shape index (κ1) is 14.3. The number of benzene rings is 1. The molecule has 0 aliphatic heterocycles. The Morgan fingerprint density at radius 1 is 1.20 bits per heavy atom. The molecule has 1 N–H and O–H groups in total. The maximum absolute atomic E-state index is 12.4.